The van der Waals surface area contributed by atoms with Gasteiger partial charge in [0.05, 0.1) is 12.0 Å². The molecule has 0 aromatic heterocycles. The van der Waals surface area contributed by atoms with Crippen LogP contribution < -0.4 is 15.5 Å². The van der Waals surface area contributed by atoms with Crippen LogP contribution in [0.5, 0.6) is 0 Å². The van der Waals surface area contributed by atoms with Crippen LogP contribution in [0.1, 0.15) is 36.8 Å². The normalized spacial score (nSPS) is 21.8. The van der Waals surface area contributed by atoms with Crippen molar-refractivity contribution in [1.82, 2.24) is 10.6 Å². The number of carbonyl (C=O) groups excluding carboxylic acids is 2. The molecule has 1 aliphatic carbocycles. The van der Waals surface area contributed by atoms with E-state index in [0.717, 1.165) is 36.1 Å². The molecule has 0 radical (unpaired) electrons. The summed E-state index contributed by atoms with van der Waals surface area (Å²) in [5.41, 5.74) is 1.23. The molecule has 2 aromatic rings. The number of rotatable bonds is 1. The van der Waals surface area contributed by atoms with Crippen molar-refractivity contribution in [3.8, 4) is 11.8 Å². The maximum Gasteiger partial charge on any atom is 0.329 e. The number of nitrogens with one attached hydrogen (secondary N) is 2. The predicted molar refractivity (Wildman–Crippen MR) is 120 cm³/mol. The molecule has 2 aromatic carbocycles. The highest BCUT2D eigenvalue weighted by Crippen LogP contribution is 2.43. The first-order valence-corrected chi connectivity index (χ1v) is 10.8. The number of hydrogen-bond donors (Lipinski definition) is 2. The lowest BCUT2D eigenvalue weighted by Gasteiger charge is -2.46. The molecule has 2 heterocycles. The summed E-state index contributed by atoms with van der Waals surface area (Å²) >= 11 is 0. The van der Waals surface area contributed by atoms with Gasteiger partial charge in [-0.3, -0.25) is 4.79 Å². The summed E-state index contributed by atoms with van der Waals surface area (Å²) in [7, 11) is 0. The summed E-state index contributed by atoms with van der Waals surface area (Å²) < 4.78 is 29.9. The van der Waals surface area contributed by atoms with Gasteiger partial charge in [-0.1, -0.05) is 36.1 Å². The molecule has 1 atom stereocenters. The largest absolute Gasteiger partial charge is 0.387 e. The fraction of sp³-hybridized carbons (Fsp3) is 0.231. The van der Waals surface area contributed by atoms with E-state index in [9.17, 15) is 18.4 Å². The summed E-state index contributed by atoms with van der Waals surface area (Å²) in [6, 6.07) is 10.3. The van der Waals surface area contributed by atoms with Gasteiger partial charge in [-0.15, -0.1) is 0 Å². The summed E-state index contributed by atoms with van der Waals surface area (Å²) in [4.78, 5) is 26.7. The molecule has 3 aliphatic rings. The highest BCUT2D eigenvalue weighted by atomic mass is 19.1. The minimum absolute atomic E-state index is 0.0714. The summed E-state index contributed by atoms with van der Waals surface area (Å²) in [5.74, 6) is 2.87. The van der Waals surface area contributed by atoms with Crippen molar-refractivity contribution in [3.63, 3.8) is 0 Å². The van der Waals surface area contributed by atoms with Crippen LogP contribution in [0.25, 0.3) is 0 Å². The SMILES string of the molecule is O=C1C[C@]2(CCCC3=CCNC=C32)NC(=O)N1c1c(F)cc(C#Cc2ccccc2)cc1F. The Hall–Kier alpha value is -3.92. The molecule has 0 unspecified atom stereocenters. The maximum atomic E-state index is 15.0. The van der Waals surface area contributed by atoms with E-state index >= 15 is 0 Å². The summed E-state index contributed by atoms with van der Waals surface area (Å²) in [6.07, 6.45) is 6.08. The molecule has 1 saturated heterocycles. The van der Waals surface area contributed by atoms with Crippen molar-refractivity contribution in [2.45, 2.75) is 31.2 Å². The zero-order valence-electron chi connectivity index (χ0n) is 17.8. The van der Waals surface area contributed by atoms with Crippen LogP contribution in [-0.4, -0.2) is 24.0 Å². The quantitative estimate of drug-likeness (QED) is 0.649. The second-order valence-corrected chi connectivity index (χ2v) is 8.37. The first-order valence-electron chi connectivity index (χ1n) is 10.8. The molecule has 5 rings (SSSR count). The molecular formula is C26H21F2N3O2. The van der Waals surface area contributed by atoms with E-state index in [-0.39, 0.29) is 12.0 Å². The van der Waals surface area contributed by atoms with Gasteiger partial charge < -0.3 is 10.6 Å². The van der Waals surface area contributed by atoms with Gasteiger partial charge in [-0.2, -0.15) is 0 Å². The molecule has 1 spiro atoms. The summed E-state index contributed by atoms with van der Waals surface area (Å²) in [5, 5.41) is 6.01. The molecule has 7 heteroatoms. The van der Waals surface area contributed by atoms with Crippen molar-refractivity contribution in [1.29, 1.82) is 0 Å². The number of amides is 3. The van der Waals surface area contributed by atoms with E-state index in [0.29, 0.717) is 23.4 Å². The van der Waals surface area contributed by atoms with E-state index in [1.807, 2.05) is 30.5 Å². The van der Waals surface area contributed by atoms with Gasteiger partial charge in [0, 0.05) is 23.9 Å². The number of benzene rings is 2. The van der Waals surface area contributed by atoms with Crippen LogP contribution in [0.4, 0.5) is 19.3 Å². The predicted octanol–water partition coefficient (Wildman–Crippen LogP) is 4.15. The van der Waals surface area contributed by atoms with Gasteiger partial charge in [0.15, 0.2) is 11.6 Å². The molecule has 5 nitrogen and oxygen atoms in total. The Kier molecular flexibility index (Phi) is 5.21. The van der Waals surface area contributed by atoms with E-state index < -0.39 is 34.8 Å². The van der Waals surface area contributed by atoms with E-state index in [1.54, 1.807) is 12.1 Å². The highest BCUT2D eigenvalue weighted by Gasteiger charge is 2.49. The Balaban J connectivity index is 1.44. The van der Waals surface area contributed by atoms with Crippen molar-refractivity contribution in [3.05, 3.63) is 88.6 Å². The third-order valence-electron chi connectivity index (χ3n) is 6.24. The number of hydrogen-bond acceptors (Lipinski definition) is 3. The fourth-order valence-corrected chi connectivity index (χ4v) is 4.76. The number of urea groups is 1. The Morgan fingerprint density at radius 2 is 1.73 bits per heavy atom. The lowest BCUT2D eigenvalue weighted by molar-refractivity contribution is -0.120. The number of dihydropyridines is 1. The molecule has 166 valence electrons. The molecule has 33 heavy (non-hydrogen) atoms. The number of fused-ring (bicyclic) bond motifs is 2. The van der Waals surface area contributed by atoms with Crippen LogP contribution >= 0.6 is 0 Å². The Labute approximate surface area is 190 Å². The minimum Gasteiger partial charge on any atom is -0.387 e. The second kappa shape index (κ2) is 8.21. The average Bonchev–Trinajstić information content (AvgIpc) is 2.80. The lowest BCUT2D eigenvalue weighted by atomic mass is 9.71. The topological polar surface area (TPSA) is 61.4 Å². The fourth-order valence-electron chi connectivity index (χ4n) is 4.76. The Morgan fingerprint density at radius 3 is 2.45 bits per heavy atom. The van der Waals surface area contributed by atoms with Crippen molar-refractivity contribution in [2.75, 3.05) is 11.4 Å². The van der Waals surface area contributed by atoms with E-state index in [2.05, 4.69) is 22.5 Å². The number of anilines is 1. The Morgan fingerprint density at radius 1 is 1.00 bits per heavy atom. The van der Waals surface area contributed by atoms with Crippen molar-refractivity contribution < 1.29 is 18.4 Å². The van der Waals surface area contributed by atoms with Crippen LogP contribution in [0, 0.1) is 23.5 Å². The number of carbonyl (C=O) groups is 2. The Bertz CT molecular complexity index is 1230. The molecule has 2 N–H and O–H groups in total. The zero-order valence-corrected chi connectivity index (χ0v) is 17.8. The van der Waals surface area contributed by atoms with E-state index in [4.69, 9.17) is 0 Å². The van der Waals surface area contributed by atoms with Crippen molar-refractivity contribution >= 4 is 17.6 Å². The lowest BCUT2D eigenvalue weighted by Crippen LogP contribution is -2.64. The zero-order chi connectivity index (χ0) is 23.0. The summed E-state index contributed by atoms with van der Waals surface area (Å²) in [6.45, 7) is 0.693. The molecule has 2 fully saturated rings. The van der Waals surface area contributed by atoms with Gasteiger partial charge in [0.25, 0.3) is 0 Å². The van der Waals surface area contributed by atoms with Gasteiger partial charge >= 0.3 is 6.03 Å². The number of halogens is 2. The third-order valence-corrected chi connectivity index (χ3v) is 6.24. The molecule has 3 amide bonds. The van der Waals surface area contributed by atoms with E-state index in [1.165, 1.54) is 0 Å². The minimum atomic E-state index is -1.02. The number of nitrogens with zero attached hydrogens (tertiary/aromatic N) is 1. The molecular weight excluding hydrogens is 424 g/mol. The first kappa shape index (κ1) is 21.0. The standard InChI is InChI=1S/C26H21F2N3O2/c27-21-13-18(9-8-17-5-2-1-3-6-17)14-22(28)24(21)31-23(32)15-26(30-25(31)33)11-4-7-19-10-12-29-16-20(19)26/h1-3,5-6,10,13-14,16,29H,4,7,11-12,15H2,(H,30,33)/t26-/m0/s1. The average molecular weight is 445 g/mol. The van der Waals surface area contributed by atoms with Gasteiger partial charge in [0.2, 0.25) is 5.91 Å². The van der Waals surface area contributed by atoms with Crippen LogP contribution in [0.3, 0.4) is 0 Å². The van der Waals surface area contributed by atoms with Crippen LogP contribution in [0.15, 0.2) is 65.9 Å². The van der Waals surface area contributed by atoms with Crippen molar-refractivity contribution in [2.24, 2.45) is 0 Å². The van der Waals surface area contributed by atoms with Gasteiger partial charge in [0.1, 0.15) is 5.69 Å². The first-order chi connectivity index (χ1) is 16.0. The third kappa shape index (κ3) is 3.78. The van der Waals surface area contributed by atoms with Crippen LogP contribution in [-0.2, 0) is 4.79 Å². The number of imide groups is 1. The monoisotopic (exact) mass is 445 g/mol. The van der Waals surface area contributed by atoms with Crippen LogP contribution in [0.2, 0.25) is 0 Å². The smallest absolute Gasteiger partial charge is 0.329 e. The molecule has 1 saturated carbocycles. The van der Waals surface area contributed by atoms with Gasteiger partial charge in [-0.25, -0.2) is 18.5 Å². The maximum absolute atomic E-state index is 15.0. The molecule has 2 aliphatic heterocycles. The highest BCUT2D eigenvalue weighted by molar-refractivity contribution is 6.17. The second-order valence-electron chi connectivity index (χ2n) is 8.37. The molecule has 0 bridgehead atoms. The van der Waals surface area contributed by atoms with Gasteiger partial charge in [-0.05, 0) is 54.7 Å².